The Labute approximate surface area is 75.1 Å². The van der Waals surface area contributed by atoms with Crippen LogP contribution < -0.4 is 0 Å². The first-order chi connectivity index (χ1) is 5.22. The molecule has 0 saturated heterocycles. The Morgan fingerprint density at radius 3 is 2.36 bits per heavy atom. The van der Waals surface area contributed by atoms with Crippen LogP contribution in [0, 0.1) is 5.41 Å². The molecule has 0 aliphatic carbocycles. The van der Waals surface area contributed by atoms with E-state index in [-0.39, 0.29) is 4.83 Å². The fourth-order valence-electron chi connectivity index (χ4n) is 0.847. The van der Waals surface area contributed by atoms with Gasteiger partial charge in [0.25, 0.3) is 0 Å². The highest BCUT2D eigenvalue weighted by Gasteiger charge is 2.05. The van der Waals surface area contributed by atoms with Crippen LogP contribution in [0.15, 0.2) is 30.3 Å². The summed E-state index contributed by atoms with van der Waals surface area (Å²) in [5.74, 6) is 0. The van der Waals surface area contributed by atoms with Crippen LogP contribution in [0.1, 0.15) is 12.5 Å². The number of halogens is 1. The summed E-state index contributed by atoms with van der Waals surface area (Å²) in [6.45, 7) is 1.95. The molecule has 0 spiro atoms. The molecule has 1 nitrogen and oxygen atoms in total. The predicted molar refractivity (Wildman–Crippen MR) is 51.7 cm³/mol. The van der Waals surface area contributed by atoms with Crippen molar-refractivity contribution in [1.82, 2.24) is 0 Å². The molecule has 0 aromatic heterocycles. The van der Waals surface area contributed by atoms with Crippen molar-refractivity contribution in [2.24, 2.45) is 0 Å². The molecule has 0 fully saturated rings. The summed E-state index contributed by atoms with van der Waals surface area (Å²) in [4.78, 5) is 0.130. The first-order valence-corrected chi connectivity index (χ1v) is 4.41. The van der Waals surface area contributed by atoms with Crippen LogP contribution >= 0.6 is 15.9 Å². The Bertz CT molecular complexity index is 241. The van der Waals surface area contributed by atoms with E-state index < -0.39 is 0 Å². The number of nitrogens with one attached hydrogen (secondary N) is 1. The van der Waals surface area contributed by atoms with Crippen LogP contribution in [-0.2, 0) is 0 Å². The van der Waals surface area contributed by atoms with E-state index in [2.05, 4.69) is 15.9 Å². The highest BCUT2D eigenvalue weighted by atomic mass is 79.9. The second-order valence-electron chi connectivity index (χ2n) is 2.40. The molecule has 1 rings (SSSR count). The SMILES string of the molecule is CC(Br)C(=N)c1ccccc1. The van der Waals surface area contributed by atoms with E-state index >= 15 is 0 Å². The summed E-state index contributed by atoms with van der Waals surface area (Å²) in [6.07, 6.45) is 0. The molecule has 2 heteroatoms. The van der Waals surface area contributed by atoms with Gasteiger partial charge in [-0.15, -0.1) is 0 Å². The predicted octanol–water partition coefficient (Wildman–Crippen LogP) is 2.84. The first kappa shape index (κ1) is 8.47. The van der Waals surface area contributed by atoms with Crippen LogP contribution in [0.25, 0.3) is 0 Å². The lowest BCUT2D eigenvalue weighted by Gasteiger charge is -2.04. The zero-order valence-electron chi connectivity index (χ0n) is 6.34. The summed E-state index contributed by atoms with van der Waals surface area (Å²) in [6, 6.07) is 9.73. The average molecular weight is 212 g/mol. The second-order valence-corrected chi connectivity index (χ2v) is 3.77. The fourth-order valence-corrected chi connectivity index (χ4v) is 1.11. The second kappa shape index (κ2) is 3.67. The maximum Gasteiger partial charge on any atom is 0.0538 e. The molecule has 1 unspecified atom stereocenters. The van der Waals surface area contributed by atoms with Gasteiger partial charge in [-0.25, -0.2) is 0 Å². The van der Waals surface area contributed by atoms with E-state index in [4.69, 9.17) is 5.41 Å². The Hall–Kier alpha value is -0.630. The molecule has 58 valence electrons. The Kier molecular flexibility index (Phi) is 2.83. The van der Waals surface area contributed by atoms with Crippen molar-refractivity contribution in [3.8, 4) is 0 Å². The third-order valence-corrected chi connectivity index (χ3v) is 1.94. The van der Waals surface area contributed by atoms with Gasteiger partial charge in [-0.1, -0.05) is 46.3 Å². The van der Waals surface area contributed by atoms with Crippen molar-refractivity contribution in [3.63, 3.8) is 0 Å². The molecule has 11 heavy (non-hydrogen) atoms. The van der Waals surface area contributed by atoms with Gasteiger partial charge in [-0.2, -0.15) is 0 Å². The number of rotatable bonds is 2. The zero-order valence-corrected chi connectivity index (χ0v) is 7.93. The number of benzene rings is 1. The van der Waals surface area contributed by atoms with Crippen molar-refractivity contribution in [2.75, 3.05) is 0 Å². The van der Waals surface area contributed by atoms with E-state index in [0.29, 0.717) is 5.71 Å². The quantitative estimate of drug-likeness (QED) is 0.575. The van der Waals surface area contributed by atoms with E-state index in [9.17, 15) is 0 Å². The molecule has 1 aromatic carbocycles. The standard InChI is InChI=1S/C9H10BrN/c1-7(10)9(11)8-5-3-2-4-6-8/h2-7,11H,1H3. The fraction of sp³-hybridized carbons (Fsp3) is 0.222. The maximum absolute atomic E-state index is 7.64. The molecule has 0 aliphatic rings. The van der Waals surface area contributed by atoms with Gasteiger partial charge < -0.3 is 5.41 Å². The molecule has 0 radical (unpaired) electrons. The monoisotopic (exact) mass is 211 g/mol. The summed E-state index contributed by atoms with van der Waals surface area (Å²) in [7, 11) is 0. The van der Waals surface area contributed by atoms with Gasteiger partial charge in [-0.3, -0.25) is 0 Å². The van der Waals surface area contributed by atoms with Crippen molar-refractivity contribution >= 4 is 21.6 Å². The lowest BCUT2D eigenvalue weighted by Crippen LogP contribution is -2.09. The lowest BCUT2D eigenvalue weighted by atomic mass is 10.1. The van der Waals surface area contributed by atoms with E-state index in [1.54, 1.807) is 0 Å². The van der Waals surface area contributed by atoms with Gasteiger partial charge >= 0.3 is 0 Å². The average Bonchev–Trinajstić information content (AvgIpc) is 2.05. The molecule has 0 saturated carbocycles. The van der Waals surface area contributed by atoms with Crippen LogP contribution in [0.4, 0.5) is 0 Å². The normalized spacial score (nSPS) is 12.5. The van der Waals surface area contributed by atoms with E-state index in [0.717, 1.165) is 5.56 Å². The van der Waals surface area contributed by atoms with Crippen LogP contribution in [-0.4, -0.2) is 10.5 Å². The number of hydrogen-bond acceptors (Lipinski definition) is 1. The minimum absolute atomic E-state index is 0.130. The molecule has 1 atom stereocenters. The summed E-state index contributed by atoms with van der Waals surface area (Å²) >= 11 is 3.35. The maximum atomic E-state index is 7.64. The molecule has 1 N–H and O–H groups in total. The highest BCUT2D eigenvalue weighted by Crippen LogP contribution is 2.08. The zero-order chi connectivity index (χ0) is 8.27. The van der Waals surface area contributed by atoms with E-state index in [1.165, 1.54) is 0 Å². The van der Waals surface area contributed by atoms with Crippen molar-refractivity contribution in [2.45, 2.75) is 11.8 Å². The minimum Gasteiger partial charge on any atom is -0.304 e. The van der Waals surface area contributed by atoms with Gasteiger partial charge in [0.1, 0.15) is 0 Å². The molecular weight excluding hydrogens is 202 g/mol. The van der Waals surface area contributed by atoms with E-state index in [1.807, 2.05) is 37.3 Å². The molecule has 0 bridgehead atoms. The molecule has 0 aliphatic heterocycles. The Balaban J connectivity index is 2.86. The van der Waals surface area contributed by atoms with Gasteiger partial charge in [-0.05, 0) is 12.5 Å². The van der Waals surface area contributed by atoms with Gasteiger partial charge in [0, 0.05) is 0 Å². The molecule has 0 heterocycles. The molecular formula is C9H10BrN. The van der Waals surface area contributed by atoms with Crippen molar-refractivity contribution in [3.05, 3.63) is 35.9 Å². The van der Waals surface area contributed by atoms with Crippen molar-refractivity contribution in [1.29, 1.82) is 5.41 Å². The third kappa shape index (κ3) is 2.15. The summed E-state index contributed by atoms with van der Waals surface area (Å²) in [5, 5.41) is 7.64. The topological polar surface area (TPSA) is 23.9 Å². The highest BCUT2D eigenvalue weighted by molar-refractivity contribution is 9.10. The van der Waals surface area contributed by atoms with Crippen molar-refractivity contribution < 1.29 is 0 Å². The summed E-state index contributed by atoms with van der Waals surface area (Å²) < 4.78 is 0. The van der Waals surface area contributed by atoms with Gasteiger partial charge in [0.15, 0.2) is 0 Å². The summed E-state index contributed by atoms with van der Waals surface area (Å²) in [5.41, 5.74) is 1.61. The van der Waals surface area contributed by atoms with Gasteiger partial charge in [0.2, 0.25) is 0 Å². The van der Waals surface area contributed by atoms with Crippen LogP contribution in [0.5, 0.6) is 0 Å². The van der Waals surface area contributed by atoms with Crippen LogP contribution in [0.3, 0.4) is 0 Å². The largest absolute Gasteiger partial charge is 0.304 e. The number of alkyl halides is 1. The minimum atomic E-state index is 0.130. The Morgan fingerprint density at radius 1 is 1.36 bits per heavy atom. The first-order valence-electron chi connectivity index (χ1n) is 3.49. The smallest absolute Gasteiger partial charge is 0.0538 e. The number of hydrogen-bond donors (Lipinski definition) is 1. The van der Waals surface area contributed by atoms with Crippen LogP contribution in [0.2, 0.25) is 0 Å². The lowest BCUT2D eigenvalue weighted by molar-refractivity contribution is 1.28. The Morgan fingerprint density at radius 2 is 1.91 bits per heavy atom. The van der Waals surface area contributed by atoms with Gasteiger partial charge in [0.05, 0.1) is 10.5 Å². The molecule has 1 aromatic rings. The molecule has 0 amide bonds. The third-order valence-electron chi connectivity index (χ3n) is 1.48.